The molecule has 0 radical (unpaired) electrons. The van der Waals surface area contributed by atoms with Gasteiger partial charge in [0.15, 0.2) is 0 Å². The van der Waals surface area contributed by atoms with E-state index in [0.717, 1.165) is 39.5 Å². The second kappa shape index (κ2) is 6.61. The summed E-state index contributed by atoms with van der Waals surface area (Å²) in [4.78, 5) is 8.51. The molecule has 0 bridgehead atoms. The van der Waals surface area contributed by atoms with Crippen molar-refractivity contribution in [3.63, 3.8) is 0 Å². The fourth-order valence-corrected chi connectivity index (χ4v) is 3.03. The molecule has 1 aliphatic carbocycles. The van der Waals surface area contributed by atoms with Gasteiger partial charge in [-0.3, -0.25) is 9.97 Å². The van der Waals surface area contributed by atoms with Gasteiger partial charge in [0.1, 0.15) is 23.7 Å². The highest BCUT2D eigenvalue weighted by Crippen LogP contribution is 2.41. The van der Waals surface area contributed by atoms with Gasteiger partial charge >= 0.3 is 0 Å². The molecule has 0 aliphatic heterocycles. The third kappa shape index (κ3) is 3.75. The lowest BCUT2D eigenvalue weighted by molar-refractivity contribution is 0.107. The topological polar surface area (TPSA) is 64.5 Å². The van der Waals surface area contributed by atoms with E-state index in [1.54, 1.807) is 24.7 Å². The second-order valence-corrected chi connectivity index (χ2v) is 7.18. The Morgan fingerprint density at radius 3 is 2.76 bits per heavy atom. The zero-order valence-corrected chi connectivity index (χ0v) is 15.1. The molecular weight excluding hydrogens is 384 g/mol. The molecule has 3 aromatic rings. The number of halogens is 1. The molecule has 0 unspecified atom stereocenters. The standard InChI is InChI=1S/C19H17BrN2O3/c20-15-1-2-18-14(6-15)7-17(10-22-18)25-19(3-4-19)12-24-16-5-13(11-23)8-21-9-16/h1-2,5-10,23H,3-4,11-12H2. The van der Waals surface area contributed by atoms with Crippen LogP contribution in [0.5, 0.6) is 11.5 Å². The van der Waals surface area contributed by atoms with Crippen molar-refractivity contribution in [1.29, 1.82) is 0 Å². The maximum atomic E-state index is 9.17. The van der Waals surface area contributed by atoms with Crippen molar-refractivity contribution in [2.24, 2.45) is 0 Å². The molecule has 1 aliphatic rings. The van der Waals surface area contributed by atoms with Crippen molar-refractivity contribution in [2.45, 2.75) is 25.0 Å². The normalized spacial score (nSPS) is 15.1. The van der Waals surface area contributed by atoms with Crippen LogP contribution in [0.15, 0.2) is 53.4 Å². The lowest BCUT2D eigenvalue weighted by Crippen LogP contribution is -2.27. The number of hydrogen-bond donors (Lipinski definition) is 1. The first-order chi connectivity index (χ1) is 12.2. The first kappa shape index (κ1) is 16.3. The van der Waals surface area contributed by atoms with E-state index in [1.165, 1.54) is 0 Å². The van der Waals surface area contributed by atoms with E-state index in [-0.39, 0.29) is 12.2 Å². The second-order valence-electron chi connectivity index (χ2n) is 6.27. The molecule has 4 rings (SSSR count). The quantitative estimate of drug-likeness (QED) is 0.679. The number of aliphatic hydroxyl groups excluding tert-OH is 1. The van der Waals surface area contributed by atoms with Crippen LogP contribution in [0.1, 0.15) is 18.4 Å². The van der Waals surface area contributed by atoms with Gasteiger partial charge in [-0.15, -0.1) is 0 Å². The Morgan fingerprint density at radius 2 is 1.96 bits per heavy atom. The van der Waals surface area contributed by atoms with Crippen LogP contribution in [-0.2, 0) is 6.61 Å². The Morgan fingerprint density at radius 1 is 1.08 bits per heavy atom. The smallest absolute Gasteiger partial charge is 0.143 e. The van der Waals surface area contributed by atoms with Crippen LogP contribution in [-0.4, -0.2) is 27.3 Å². The fraction of sp³-hybridized carbons (Fsp3) is 0.263. The minimum atomic E-state index is -0.309. The largest absolute Gasteiger partial charge is 0.488 e. The van der Waals surface area contributed by atoms with Crippen LogP contribution in [0.4, 0.5) is 0 Å². The van der Waals surface area contributed by atoms with Crippen molar-refractivity contribution in [2.75, 3.05) is 6.61 Å². The first-order valence-corrected chi connectivity index (χ1v) is 8.87. The molecule has 0 amide bonds. The first-order valence-electron chi connectivity index (χ1n) is 8.08. The summed E-state index contributed by atoms with van der Waals surface area (Å²) in [5.74, 6) is 1.39. The zero-order chi connectivity index (χ0) is 17.3. The number of benzene rings is 1. The van der Waals surface area contributed by atoms with Crippen LogP contribution >= 0.6 is 15.9 Å². The fourth-order valence-electron chi connectivity index (χ4n) is 2.65. The maximum absolute atomic E-state index is 9.17. The number of pyridine rings is 2. The van der Waals surface area contributed by atoms with Crippen molar-refractivity contribution < 1.29 is 14.6 Å². The highest BCUT2D eigenvalue weighted by atomic mass is 79.9. The molecule has 0 spiro atoms. The van der Waals surface area contributed by atoms with E-state index < -0.39 is 0 Å². The van der Waals surface area contributed by atoms with Crippen LogP contribution in [0, 0.1) is 0 Å². The molecule has 2 aromatic heterocycles. The lowest BCUT2D eigenvalue weighted by atomic mass is 10.2. The minimum Gasteiger partial charge on any atom is -0.488 e. The van der Waals surface area contributed by atoms with Gasteiger partial charge in [-0.1, -0.05) is 15.9 Å². The van der Waals surface area contributed by atoms with Crippen molar-refractivity contribution in [1.82, 2.24) is 9.97 Å². The monoisotopic (exact) mass is 400 g/mol. The van der Waals surface area contributed by atoms with E-state index in [2.05, 4.69) is 25.9 Å². The summed E-state index contributed by atoms with van der Waals surface area (Å²) >= 11 is 3.48. The third-order valence-corrected chi connectivity index (χ3v) is 4.71. The van der Waals surface area contributed by atoms with Gasteiger partial charge < -0.3 is 14.6 Å². The Balaban J connectivity index is 1.46. The average molecular weight is 401 g/mol. The van der Waals surface area contributed by atoms with E-state index in [1.807, 2.05) is 24.3 Å². The Kier molecular flexibility index (Phi) is 4.31. The number of aromatic nitrogens is 2. The Labute approximate surface area is 153 Å². The van der Waals surface area contributed by atoms with Crippen LogP contribution in [0.25, 0.3) is 10.9 Å². The molecule has 0 atom stereocenters. The van der Waals surface area contributed by atoms with Gasteiger partial charge in [0, 0.05) is 16.1 Å². The molecule has 6 heteroatoms. The summed E-state index contributed by atoms with van der Waals surface area (Å²) in [6.45, 7) is 0.393. The predicted octanol–water partition coefficient (Wildman–Crippen LogP) is 3.88. The van der Waals surface area contributed by atoms with Gasteiger partial charge in [0.05, 0.1) is 24.5 Å². The molecule has 0 saturated heterocycles. The zero-order valence-electron chi connectivity index (χ0n) is 13.5. The number of ether oxygens (including phenoxy) is 2. The summed E-state index contributed by atoms with van der Waals surface area (Å²) in [5, 5.41) is 10.2. The summed E-state index contributed by atoms with van der Waals surface area (Å²) in [6.07, 6.45) is 6.90. The minimum absolute atomic E-state index is 0.0514. The molecule has 2 heterocycles. The van der Waals surface area contributed by atoms with Gasteiger partial charge in [-0.25, -0.2) is 0 Å². The van der Waals surface area contributed by atoms with Gasteiger partial charge in [-0.05, 0) is 48.7 Å². The van der Waals surface area contributed by atoms with E-state index in [9.17, 15) is 5.11 Å². The highest BCUT2D eigenvalue weighted by molar-refractivity contribution is 9.10. The lowest BCUT2D eigenvalue weighted by Gasteiger charge is -2.19. The van der Waals surface area contributed by atoms with Crippen LogP contribution in [0.3, 0.4) is 0 Å². The van der Waals surface area contributed by atoms with Crippen LogP contribution in [0.2, 0.25) is 0 Å². The molecule has 25 heavy (non-hydrogen) atoms. The summed E-state index contributed by atoms with van der Waals surface area (Å²) in [7, 11) is 0. The Hall–Kier alpha value is -2.18. The van der Waals surface area contributed by atoms with Crippen LogP contribution < -0.4 is 9.47 Å². The molecule has 1 aromatic carbocycles. The molecule has 1 saturated carbocycles. The van der Waals surface area contributed by atoms with E-state index in [4.69, 9.17) is 9.47 Å². The Bertz CT molecular complexity index is 912. The summed E-state index contributed by atoms with van der Waals surface area (Å²) < 4.78 is 13.0. The SMILES string of the molecule is OCc1cncc(OCC2(Oc3cnc4ccc(Br)cc4c3)CC2)c1. The average Bonchev–Trinajstić information content (AvgIpc) is 3.39. The number of fused-ring (bicyclic) bond motifs is 1. The highest BCUT2D eigenvalue weighted by Gasteiger charge is 2.46. The molecule has 1 fully saturated rings. The van der Waals surface area contributed by atoms with Gasteiger partial charge in [0.2, 0.25) is 0 Å². The van der Waals surface area contributed by atoms with Crippen molar-refractivity contribution >= 4 is 26.8 Å². The number of hydrogen-bond acceptors (Lipinski definition) is 5. The molecule has 1 N–H and O–H groups in total. The summed E-state index contributed by atoms with van der Waals surface area (Å²) in [5.41, 5.74) is 1.35. The van der Waals surface area contributed by atoms with Crippen molar-refractivity contribution in [3.8, 4) is 11.5 Å². The van der Waals surface area contributed by atoms with Gasteiger partial charge in [0.25, 0.3) is 0 Å². The van der Waals surface area contributed by atoms with E-state index >= 15 is 0 Å². The number of nitrogens with zero attached hydrogens (tertiary/aromatic N) is 2. The summed E-state index contributed by atoms with van der Waals surface area (Å²) in [6, 6.07) is 9.76. The number of aliphatic hydroxyl groups is 1. The molecule has 5 nitrogen and oxygen atoms in total. The maximum Gasteiger partial charge on any atom is 0.143 e. The predicted molar refractivity (Wildman–Crippen MR) is 97.7 cm³/mol. The number of rotatable bonds is 6. The third-order valence-electron chi connectivity index (χ3n) is 4.21. The van der Waals surface area contributed by atoms with Gasteiger partial charge in [-0.2, -0.15) is 0 Å². The van der Waals surface area contributed by atoms with Crippen molar-refractivity contribution in [3.05, 3.63) is 59.0 Å². The molecular formula is C19H17BrN2O3. The van der Waals surface area contributed by atoms with E-state index in [0.29, 0.717) is 12.4 Å². The molecule has 128 valence electrons.